The van der Waals surface area contributed by atoms with Crippen LogP contribution in [0, 0.1) is 5.82 Å². The Bertz CT molecular complexity index is 674. The third kappa shape index (κ3) is 5.03. The van der Waals surface area contributed by atoms with Crippen LogP contribution >= 0.6 is 28.3 Å². The highest BCUT2D eigenvalue weighted by Gasteiger charge is 2.30. The maximum atomic E-state index is 12.9. The quantitative estimate of drug-likeness (QED) is 0.772. The molecule has 0 spiro atoms. The standard InChI is InChI=1S/C18H20BrFN2O.ClH/c1-12(13-3-9-16(20)10-4-13)11-22-17(23)18(2,21)14-5-7-15(19)8-6-14;/h3-10,12H,11,21H2,1-2H3,(H,22,23);1H. The first-order valence-corrected chi connectivity index (χ1v) is 8.18. The molecule has 2 unspecified atom stereocenters. The minimum atomic E-state index is -1.11. The molecule has 3 nitrogen and oxygen atoms in total. The van der Waals surface area contributed by atoms with Gasteiger partial charge in [0.05, 0.1) is 0 Å². The van der Waals surface area contributed by atoms with Crippen LogP contribution in [0.25, 0.3) is 0 Å². The van der Waals surface area contributed by atoms with Crippen molar-refractivity contribution in [1.29, 1.82) is 0 Å². The molecule has 6 heteroatoms. The van der Waals surface area contributed by atoms with Crippen molar-refractivity contribution in [2.24, 2.45) is 5.73 Å². The van der Waals surface area contributed by atoms with Crippen LogP contribution in [0.4, 0.5) is 4.39 Å². The second-order valence-electron chi connectivity index (χ2n) is 5.87. The molecule has 2 aromatic carbocycles. The molecular formula is C18H21BrClFN2O. The number of carbonyl (C=O) groups is 1. The van der Waals surface area contributed by atoms with Crippen LogP contribution in [0.5, 0.6) is 0 Å². The second-order valence-corrected chi connectivity index (χ2v) is 6.79. The Morgan fingerprint density at radius 1 is 1.21 bits per heavy atom. The Morgan fingerprint density at radius 2 is 1.75 bits per heavy atom. The molecule has 0 fully saturated rings. The van der Waals surface area contributed by atoms with Crippen LogP contribution in [0.1, 0.15) is 30.9 Å². The molecule has 2 aromatic rings. The van der Waals surface area contributed by atoms with E-state index in [0.29, 0.717) is 6.54 Å². The Balaban J connectivity index is 0.00000288. The van der Waals surface area contributed by atoms with Crippen molar-refractivity contribution in [3.05, 3.63) is 69.9 Å². The molecular weight excluding hydrogens is 395 g/mol. The normalized spacial score (nSPS) is 14.2. The van der Waals surface area contributed by atoms with Crippen molar-refractivity contribution >= 4 is 34.2 Å². The van der Waals surface area contributed by atoms with Gasteiger partial charge in [-0.25, -0.2) is 4.39 Å². The van der Waals surface area contributed by atoms with E-state index in [0.717, 1.165) is 15.6 Å². The minimum Gasteiger partial charge on any atom is -0.354 e. The van der Waals surface area contributed by atoms with Gasteiger partial charge < -0.3 is 11.1 Å². The van der Waals surface area contributed by atoms with Gasteiger partial charge in [-0.2, -0.15) is 0 Å². The molecule has 0 bridgehead atoms. The second kappa shape index (κ2) is 8.60. The van der Waals surface area contributed by atoms with Gasteiger partial charge in [0, 0.05) is 11.0 Å². The van der Waals surface area contributed by atoms with Gasteiger partial charge in [-0.05, 0) is 48.2 Å². The lowest BCUT2D eigenvalue weighted by Gasteiger charge is -2.25. The van der Waals surface area contributed by atoms with E-state index < -0.39 is 5.54 Å². The van der Waals surface area contributed by atoms with Gasteiger partial charge in [0.2, 0.25) is 5.91 Å². The zero-order valence-electron chi connectivity index (χ0n) is 13.6. The number of hydrogen-bond donors (Lipinski definition) is 2. The molecule has 2 rings (SSSR count). The smallest absolute Gasteiger partial charge is 0.244 e. The molecule has 1 amide bonds. The molecule has 0 heterocycles. The zero-order chi connectivity index (χ0) is 17.0. The maximum Gasteiger partial charge on any atom is 0.244 e. The summed E-state index contributed by atoms with van der Waals surface area (Å²) in [5.74, 6) is -0.441. The average Bonchev–Trinajstić information content (AvgIpc) is 2.53. The number of carbonyl (C=O) groups excluding carboxylic acids is 1. The van der Waals surface area contributed by atoms with E-state index in [1.165, 1.54) is 12.1 Å². The van der Waals surface area contributed by atoms with Crippen molar-refractivity contribution in [3.63, 3.8) is 0 Å². The number of amides is 1. The fourth-order valence-electron chi connectivity index (χ4n) is 2.27. The van der Waals surface area contributed by atoms with E-state index >= 15 is 0 Å². The molecule has 0 saturated heterocycles. The molecule has 0 aliphatic carbocycles. The highest BCUT2D eigenvalue weighted by atomic mass is 79.9. The summed E-state index contributed by atoms with van der Waals surface area (Å²) in [7, 11) is 0. The SMILES string of the molecule is CC(CNC(=O)C(C)(N)c1ccc(Br)cc1)c1ccc(F)cc1.Cl. The summed E-state index contributed by atoms with van der Waals surface area (Å²) in [5, 5.41) is 2.88. The lowest BCUT2D eigenvalue weighted by atomic mass is 9.92. The van der Waals surface area contributed by atoms with Crippen LogP contribution in [-0.4, -0.2) is 12.5 Å². The highest BCUT2D eigenvalue weighted by molar-refractivity contribution is 9.10. The van der Waals surface area contributed by atoms with Gasteiger partial charge in [0.1, 0.15) is 11.4 Å². The van der Waals surface area contributed by atoms with Gasteiger partial charge in [0.25, 0.3) is 0 Å². The van der Waals surface area contributed by atoms with Crippen LogP contribution in [0.3, 0.4) is 0 Å². The summed E-state index contributed by atoms with van der Waals surface area (Å²) in [6, 6.07) is 13.7. The van der Waals surface area contributed by atoms with Crippen molar-refractivity contribution in [1.82, 2.24) is 5.32 Å². The van der Waals surface area contributed by atoms with Gasteiger partial charge in [-0.15, -0.1) is 12.4 Å². The number of benzene rings is 2. The van der Waals surface area contributed by atoms with Gasteiger partial charge in [0.15, 0.2) is 0 Å². The van der Waals surface area contributed by atoms with Crippen LogP contribution in [0.2, 0.25) is 0 Å². The predicted octanol–water partition coefficient (Wildman–Crippen LogP) is 4.10. The van der Waals surface area contributed by atoms with Crippen molar-refractivity contribution < 1.29 is 9.18 Å². The first-order chi connectivity index (χ1) is 10.8. The van der Waals surface area contributed by atoms with Crippen molar-refractivity contribution in [2.75, 3.05) is 6.54 Å². The zero-order valence-corrected chi connectivity index (χ0v) is 16.0. The van der Waals surface area contributed by atoms with E-state index in [-0.39, 0.29) is 30.0 Å². The highest BCUT2D eigenvalue weighted by Crippen LogP contribution is 2.21. The summed E-state index contributed by atoms with van der Waals surface area (Å²) in [6.45, 7) is 4.10. The monoisotopic (exact) mass is 414 g/mol. The average molecular weight is 416 g/mol. The van der Waals surface area contributed by atoms with Gasteiger partial charge in [-0.1, -0.05) is 47.1 Å². The lowest BCUT2D eigenvalue weighted by Crippen LogP contribution is -2.49. The summed E-state index contributed by atoms with van der Waals surface area (Å²) >= 11 is 3.36. The van der Waals surface area contributed by atoms with Crippen molar-refractivity contribution in [2.45, 2.75) is 25.3 Å². The van der Waals surface area contributed by atoms with E-state index in [1.54, 1.807) is 19.1 Å². The fraction of sp³-hybridized carbons (Fsp3) is 0.278. The Morgan fingerprint density at radius 3 is 2.29 bits per heavy atom. The summed E-state index contributed by atoms with van der Waals surface area (Å²) in [6.07, 6.45) is 0. The summed E-state index contributed by atoms with van der Waals surface area (Å²) in [4.78, 5) is 12.4. The van der Waals surface area contributed by atoms with Gasteiger partial charge >= 0.3 is 0 Å². The first kappa shape index (κ1) is 20.6. The number of nitrogens with two attached hydrogens (primary N) is 1. The van der Waals surface area contributed by atoms with E-state index in [2.05, 4.69) is 21.2 Å². The third-order valence-electron chi connectivity index (χ3n) is 3.92. The molecule has 24 heavy (non-hydrogen) atoms. The molecule has 0 radical (unpaired) electrons. The van der Waals surface area contributed by atoms with E-state index in [1.807, 2.05) is 31.2 Å². The largest absolute Gasteiger partial charge is 0.354 e. The lowest BCUT2D eigenvalue weighted by molar-refractivity contribution is -0.126. The van der Waals surface area contributed by atoms with E-state index in [4.69, 9.17) is 5.73 Å². The number of nitrogens with one attached hydrogen (secondary N) is 1. The third-order valence-corrected chi connectivity index (χ3v) is 4.45. The van der Waals surface area contributed by atoms with Crippen molar-refractivity contribution in [3.8, 4) is 0 Å². The predicted molar refractivity (Wildman–Crippen MR) is 101 cm³/mol. The molecule has 0 aliphatic heterocycles. The molecule has 2 atom stereocenters. The number of halogens is 3. The topological polar surface area (TPSA) is 55.1 Å². The van der Waals surface area contributed by atoms with Crippen LogP contribution in [-0.2, 0) is 10.3 Å². The number of hydrogen-bond acceptors (Lipinski definition) is 2. The maximum absolute atomic E-state index is 12.9. The molecule has 0 saturated carbocycles. The molecule has 3 N–H and O–H groups in total. The fourth-order valence-corrected chi connectivity index (χ4v) is 2.53. The minimum absolute atomic E-state index is 0. The summed E-state index contributed by atoms with van der Waals surface area (Å²) < 4.78 is 13.9. The van der Waals surface area contributed by atoms with E-state index in [9.17, 15) is 9.18 Å². The number of rotatable bonds is 5. The van der Waals surface area contributed by atoms with Crippen LogP contribution in [0.15, 0.2) is 53.0 Å². The van der Waals surface area contributed by atoms with Crippen LogP contribution < -0.4 is 11.1 Å². The summed E-state index contributed by atoms with van der Waals surface area (Å²) in [5.41, 5.74) is 6.80. The van der Waals surface area contributed by atoms with Gasteiger partial charge in [-0.3, -0.25) is 4.79 Å². The molecule has 0 aliphatic rings. The Hall–Kier alpha value is -1.43. The molecule has 130 valence electrons. The Labute approximate surface area is 156 Å². The Kier molecular flexibility index (Phi) is 7.39. The molecule has 0 aromatic heterocycles. The first-order valence-electron chi connectivity index (χ1n) is 7.39.